The van der Waals surface area contributed by atoms with E-state index in [9.17, 15) is 0 Å². The minimum atomic E-state index is 0.735. The summed E-state index contributed by atoms with van der Waals surface area (Å²) in [6.07, 6.45) is 5.29. The molecule has 0 saturated carbocycles. The van der Waals surface area contributed by atoms with E-state index in [0.717, 1.165) is 56.1 Å². The number of hydrogen-bond acceptors (Lipinski definition) is 8. The summed E-state index contributed by atoms with van der Waals surface area (Å²) in [5, 5.41) is 3.28. The highest BCUT2D eigenvalue weighted by molar-refractivity contribution is 5.61. The first-order valence-corrected chi connectivity index (χ1v) is 8.24. The largest absolute Gasteiger partial charge is 0.367 e. The Labute approximate surface area is 142 Å². The standard InChI is InChI=1S/C16H24N8/c1-4-17-14-15(19-8-7-18-14)24-11-9-23(10-12-24)13-5-6-20-16(21-13)22(2)3/h5-8H,4,9-12H2,1-3H3,(H,17,18). The van der Waals surface area contributed by atoms with E-state index in [1.165, 1.54) is 0 Å². The van der Waals surface area contributed by atoms with Gasteiger partial charge in [0.1, 0.15) is 5.82 Å². The van der Waals surface area contributed by atoms with Gasteiger partial charge in [-0.15, -0.1) is 0 Å². The lowest BCUT2D eigenvalue weighted by Crippen LogP contribution is -2.47. The van der Waals surface area contributed by atoms with Crippen molar-refractivity contribution >= 4 is 23.4 Å². The summed E-state index contributed by atoms with van der Waals surface area (Å²) in [6, 6.07) is 1.97. The molecule has 1 aliphatic heterocycles. The molecule has 24 heavy (non-hydrogen) atoms. The van der Waals surface area contributed by atoms with Crippen LogP contribution in [-0.2, 0) is 0 Å². The normalized spacial score (nSPS) is 14.6. The SMILES string of the molecule is CCNc1nccnc1N1CCN(c2ccnc(N(C)C)n2)CC1. The molecule has 0 spiro atoms. The quantitative estimate of drug-likeness (QED) is 0.874. The third-order valence-electron chi connectivity index (χ3n) is 3.95. The molecule has 0 atom stereocenters. The number of nitrogens with zero attached hydrogens (tertiary/aromatic N) is 7. The van der Waals surface area contributed by atoms with Gasteiger partial charge in [0.05, 0.1) is 0 Å². The van der Waals surface area contributed by atoms with Gasteiger partial charge in [0.25, 0.3) is 0 Å². The summed E-state index contributed by atoms with van der Waals surface area (Å²) >= 11 is 0. The van der Waals surface area contributed by atoms with Gasteiger partial charge in [-0.3, -0.25) is 0 Å². The molecule has 1 fully saturated rings. The topological polar surface area (TPSA) is 73.3 Å². The predicted molar refractivity (Wildman–Crippen MR) is 97.0 cm³/mol. The highest BCUT2D eigenvalue weighted by atomic mass is 15.3. The highest BCUT2D eigenvalue weighted by Crippen LogP contribution is 2.23. The van der Waals surface area contributed by atoms with Crippen molar-refractivity contribution in [3.63, 3.8) is 0 Å². The van der Waals surface area contributed by atoms with Gasteiger partial charge in [-0.25, -0.2) is 15.0 Å². The van der Waals surface area contributed by atoms with Crippen molar-refractivity contribution in [2.75, 3.05) is 66.8 Å². The van der Waals surface area contributed by atoms with Gasteiger partial charge in [0.2, 0.25) is 5.95 Å². The van der Waals surface area contributed by atoms with Crippen LogP contribution < -0.4 is 20.0 Å². The molecule has 3 heterocycles. The zero-order valence-corrected chi connectivity index (χ0v) is 14.5. The Morgan fingerprint density at radius 2 is 1.71 bits per heavy atom. The Hall–Kier alpha value is -2.64. The van der Waals surface area contributed by atoms with E-state index in [2.05, 4.69) is 42.0 Å². The molecule has 0 bridgehead atoms. The van der Waals surface area contributed by atoms with Crippen LogP contribution in [0.4, 0.5) is 23.4 Å². The van der Waals surface area contributed by atoms with E-state index in [1.807, 2.05) is 31.3 Å². The Morgan fingerprint density at radius 3 is 2.42 bits per heavy atom. The summed E-state index contributed by atoms with van der Waals surface area (Å²) in [4.78, 5) is 24.3. The molecule has 1 saturated heterocycles. The van der Waals surface area contributed by atoms with Gasteiger partial charge in [-0.05, 0) is 13.0 Å². The second-order valence-corrected chi connectivity index (χ2v) is 5.84. The van der Waals surface area contributed by atoms with E-state index < -0.39 is 0 Å². The monoisotopic (exact) mass is 328 g/mol. The van der Waals surface area contributed by atoms with Crippen LogP contribution in [0.15, 0.2) is 24.7 Å². The van der Waals surface area contributed by atoms with Crippen LogP contribution in [0.5, 0.6) is 0 Å². The van der Waals surface area contributed by atoms with Crippen LogP contribution >= 0.6 is 0 Å². The number of anilines is 4. The molecule has 1 aliphatic rings. The van der Waals surface area contributed by atoms with Crippen molar-refractivity contribution in [3.8, 4) is 0 Å². The average Bonchev–Trinajstić information content (AvgIpc) is 2.63. The van der Waals surface area contributed by atoms with Crippen molar-refractivity contribution in [2.24, 2.45) is 0 Å². The fourth-order valence-electron chi connectivity index (χ4n) is 2.73. The summed E-state index contributed by atoms with van der Waals surface area (Å²) in [5.41, 5.74) is 0. The maximum atomic E-state index is 4.62. The first kappa shape index (κ1) is 16.2. The van der Waals surface area contributed by atoms with Crippen LogP contribution in [-0.4, -0.2) is 66.8 Å². The van der Waals surface area contributed by atoms with Gasteiger partial charge < -0.3 is 20.0 Å². The zero-order valence-electron chi connectivity index (χ0n) is 14.5. The van der Waals surface area contributed by atoms with Gasteiger partial charge in [-0.2, -0.15) is 4.98 Å². The summed E-state index contributed by atoms with van der Waals surface area (Å²) < 4.78 is 0. The average molecular weight is 328 g/mol. The van der Waals surface area contributed by atoms with Crippen molar-refractivity contribution in [1.82, 2.24) is 19.9 Å². The third-order valence-corrected chi connectivity index (χ3v) is 3.95. The molecule has 3 rings (SSSR count). The maximum Gasteiger partial charge on any atom is 0.226 e. The predicted octanol–water partition coefficient (Wildman–Crippen LogP) is 1.09. The molecule has 1 N–H and O–H groups in total. The second kappa shape index (κ2) is 7.29. The Morgan fingerprint density at radius 1 is 1.00 bits per heavy atom. The van der Waals surface area contributed by atoms with Crippen LogP contribution in [0.25, 0.3) is 0 Å². The van der Waals surface area contributed by atoms with Crippen LogP contribution in [0.3, 0.4) is 0 Å². The fourth-order valence-corrected chi connectivity index (χ4v) is 2.73. The Bertz CT molecular complexity index is 667. The molecule has 8 nitrogen and oxygen atoms in total. The van der Waals surface area contributed by atoms with Gasteiger partial charge >= 0.3 is 0 Å². The first-order valence-electron chi connectivity index (χ1n) is 8.24. The van der Waals surface area contributed by atoms with Crippen molar-refractivity contribution < 1.29 is 0 Å². The summed E-state index contributed by atoms with van der Waals surface area (Å²) in [5.74, 6) is 3.48. The highest BCUT2D eigenvalue weighted by Gasteiger charge is 2.21. The van der Waals surface area contributed by atoms with E-state index in [4.69, 9.17) is 0 Å². The maximum absolute atomic E-state index is 4.62. The number of hydrogen-bond donors (Lipinski definition) is 1. The summed E-state index contributed by atoms with van der Waals surface area (Å²) in [6.45, 7) is 6.46. The molecule has 0 aromatic carbocycles. The van der Waals surface area contributed by atoms with Crippen LogP contribution in [0, 0.1) is 0 Å². The first-order chi connectivity index (χ1) is 11.7. The van der Waals surface area contributed by atoms with E-state index in [-0.39, 0.29) is 0 Å². The van der Waals surface area contributed by atoms with Crippen molar-refractivity contribution in [3.05, 3.63) is 24.7 Å². The fraction of sp³-hybridized carbons (Fsp3) is 0.500. The number of rotatable bonds is 5. The molecule has 2 aromatic rings. The lowest BCUT2D eigenvalue weighted by Gasteiger charge is -2.36. The number of piperazine rings is 1. The van der Waals surface area contributed by atoms with Crippen LogP contribution in [0.2, 0.25) is 0 Å². The Kier molecular flexibility index (Phi) is 4.93. The zero-order chi connectivity index (χ0) is 16.9. The minimum absolute atomic E-state index is 0.735. The third kappa shape index (κ3) is 3.47. The van der Waals surface area contributed by atoms with E-state index in [0.29, 0.717) is 0 Å². The van der Waals surface area contributed by atoms with Crippen molar-refractivity contribution in [2.45, 2.75) is 6.92 Å². The molecule has 0 radical (unpaired) electrons. The Balaban J connectivity index is 1.69. The lowest BCUT2D eigenvalue weighted by atomic mass is 10.3. The molecular formula is C16H24N8. The minimum Gasteiger partial charge on any atom is -0.367 e. The molecule has 2 aromatic heterocycles. The lowest BCUT2D eigenvalue weighted by molar-refractivity contribution is 0.640. The molecular weight excluding hydrogens is 304 g/mol. The van der Waals surface area contributed by atoms with Gasteiger partial charge in [0.15, 0.2) is 11.6 Å². The summed E-state index contributed by atoms with van der Waals surface area (Å²) in [7, 11) is 3.90. The van der Waals surface area contributed by atoms with Crippen molar-refractivity contribution in [1.29, 1.82) is 0 Å². The molecule has 0 amide bonds. The number of aromatic nitrogens is 4. The van der Waals surface area contributed by atoms with Crippen LogP contribution in [0.1, 0.15) is 6.92 Å². The van der Waals surface area contributed by atoms with Gasteiger partial charge in [-0.1, -0.05) is 0 Å². The van der Waals surface area contributed by atoms with E-state index >= 15 is 0 Å². The smallest absolute Gasteiger partial charge is 0.226 e. The van der Waals surface area contributed by atoms with E-state index in [1.54, 1.807) is 12.4 Å². The molecule has 0 unspecified atom stereocenters. The molecule has 8 heteroatoms. The molecule has 0 aliphatic carbocycles. The second-order valence-electron chi connectivity index (χ2n) is 5.84. The molecule has 128 valence electrons. The van der Waals surface area contributed by atoms with Gasteiger partial charge in [0, 0.05) is 65.4 Å². The number of nitrogens with one attached hydrogen (secondary N) is 1.